The number of rotatable bonds is 10. The quantitative estimate of drug-likeness (QED) is 0.233. The summed E-state index contributed by atoms with van der Waals surface area (Å²) in [6.07, 6.45) is 4.59. The molecule has 1 fully saturated rings. The second kappa shape index (κ2) is 13.7. The molecule has 0 aliphatic heterocycles. The predicted molar refractivity (Wildman–Crippen MR) is 161 cm³/mol. The van der Waals surface area contributed by atoms with E-state index in [1.807, 2.05) is 72.8 Å². The molecule has 0 bridgehead atoms. The summed E-state index contributed by atoms with van der Waals surface area (Å²) >= 11 is 0. The van der Waals surface area contributed by atoms with Gasteiger partial charge in [-0.3, -0.25) is 9.59 Å². The largest absolute Gasteiger partial charge is 0.351 e. The van der Waals surface area contributed by atoms with Crippen molar-refractivity contribution in [2.45, 2.75) is 62.4 Å². The zero-order valence-corrected chi connectivity index (χ0v) is 22.9. The van der Waals surface area contributed by atoms with E-state index in [0.717, 1.165) is 47.9 Å². The summed E-state index contributed by atoms with van der Waals surface area (Å²) in [4.78, 5) is 26.8. The highest BCUT2D eigenvalue weighted by molar-refractivity contribution is 5.79. The van der Waals surface area contributed by atoms with Gasteiger partial charge in [-0.25, -0.2) is 0 Å². The van der Waals surface area contributed by atoms with Crippen LogP contribution in [0.25, 0.3) is 0 Å². The summed E-state index contributed by atoms with van der Waals surface area (Å²) in [7, 11) is 0. The summed E-state index contributed by atoms with van der Waals surface area (Å²) in [6.45, 7) is 0. The molecule has 4 aromatic rings. The van der Waals surface area contributed by atoms with Gasteiger partial charge in [0.2, 0.25) is 11.8 Å². The Bertz CT molecular complexity index is 1160. The van der Waals surface area contributed by atoms with Gasteiger partial charge in [-0.1, -0.05) is 134 Å². The summed E-state index contributed by atoms with van der Waals surface area (Å²) in [6, 6.07) is 40.8. The zero-order valence-electron chi connectivity index (χ0n) is 22.9. The van der Waals surface area contributed by atoms with Crippen LogP contribution >= 0.6 is 0 Å². The molecule has 0 spiro atoms. The van der Waals surface area contributed by atoms with Gasteiger partial charge in [0.15, 0.2) is 0 Å². The molecule has 0 saturated heterocycles. The molecular weight excluding hydrogens is 492 g/mol. The van der Waals surface area contributed by atoms with Crippen molar-refractivity contribution >= 4 is 11.8 Å². The Morgan fingerprint density at radius 3 is 1.05 bits per heavy atom. The maximum atomic E-state index is 13.4. The first-order chi connectivity index (χ1) is 19.7. The molecule has 2 unspecified atom stereocenters. The zero-order chi connectivity index (χ0) is 27.6. The Hall–Kier alpha value is -4.18. The lowest BCUT2D eigenvalue weighted by atomic mass is 9.86. The van der Waals surface area contributed by atoms with Crippen LogP contribution in [-0.2, 0) is 9.59 Å². The lowest BCUT2D eigenvalue weighted by Crippen LogP contribution is -2.53. The second-order valence-corrected chi connectivity index (χ2v) is 10.8. The van der Waals surface area contributed by atoms with E-state index < -0.39 is 0 Å². The molecule has 5 rings (SSSR count). The maximum absolute atomic E-state index is 13.4. The predicted octanol–water partition coefficient (Wildman–Crippen LogP) is 6.97. The van der Waals surface area contributed by atoms with Gasteiger partial charge in [0.1, 0.15) is 0 Å². The fourth-order valence-electron chi connectivity index (χ4n) is 5.98. The van der Waals surface area contributed by atoms with Gasteiger partial charge in [-0.2, -0.15) is 0 Å². The number of carbonyl (C=O) groups is 2. The van der Waals surface area contributed by atoms with Crippen LogP contribution in [0.5, 0.6) is 0 Å². The molecule has 0 aromatic heterocycles. The third-order valence-corrected chi connectivity index (χ3v) is 8.05. The molecule has 4 nitrogen and oxygen atoms in total. The van der Waals surface area contributed by atoms with E-state index in [-0.39, 0.29) is 35.7 Å². The van der Waals surface area contributed by atoms with Crippen LogP contribution in [0.3, 0.4) is 0 Å². The molecule has 1 saturated carbocycles. The highest BCUT2D eigenvalue weighted by Crippen LogP contribution is 2.30. The van der Waals surface area contributed by atoms with E-state index in [0.29, 0.717) is 12.8 Å². The number of hydrogen-bond acceptors (Lipinski definition) is 2. The smallest absolute Gasteiger partial charge is 0.221 e. The molecule has 1 aliphatic carbocycles. The molecule has 2 N–H and O–H groups in total. The normalized spacial score (nSPS) is 16.9. The number of benzene rings is 4. The van der Waals surface area contributed by atoms with Crippen LogP contribution in [0.2, 0.25) is 0 Å². The molecule has 0 heterocycles. The SMILES string of the molecule is O=C(CC(c1ccccc1)c1ccccc1)NC1CCCCC1NC(=O)CC(c1ccccc1)c1ccccc1. The first-order valence-electron chi connectivity index (χ1n) is 14.5. The van der Waals surface area contributed by atoms with Crippen LogP contribution < -0.4 is 10.6 Å². The Labute approximate surface area is 237 Å². The molecule has 0 radical (unpaired) electrons. The van der Waals surface area contributed by atoms with E-state index in [2.05, 4.69) is 59.2 Å². The molecule has 1 aliphatic rings. The topological polar surface area (TPSA) is 58.2 Å². The Kier molecular flexibility index (Phi) is 9.41. The van der Waals surface area contributed by atoms with Gasteiger partial charge in [0, 0.05) is 36.8 Å². The van der Waals surface area contributed by atoms with Crippen molar-refractivity contribution in [1.29, 1.82) is 0 Å². The number of carbonyl (C=O) groups excluding carboxylic acids is 2. The summed E-state index contributed by atoms with van der Waals surface area (Å²) in [5.74, 6) is 0.0127. The second-order valence-electron chi connectivity index (χ2n) is 10.8. The van der Waals surface area contributed by atoms with Gasteiger partial charge in [0.05, 0.1) is 0 Å². The fraction of sp³-hybridized carbons (Fsp3) is 0.278. The van der Waals surface area contributed by atoms with E-state index in [1.54, 1.807) is 0 Å². The Balaban J connectivity index is 1.25. The summed E-state index contributed by atoms with van der Waals surface area (Å²) < 4.78 is 0. The van der Waals surface area contributed by atoms with Gasteiger partial charge >= 0.3 is 0 Å². The van der Waals surface area contributed by atoms with Crippen molar-refractivity contribution in [2.24, 2.45) is 0 Å². The van der Waals surface area contributed by atoms with E-state index in [9.17, 15) is 9.59 Å². The van der Waals surface area contributed by atoms with Crippen LogP contribution in [-0.4, -0.2) is 23.9 Å². The van der Waals surface area contributed by atoms with Crippen molar-refractivity contribution in [2.75, 3.05) is 0 Å². The van der Waals surface area contributed by atoms with Gasteiger partial charge in [-0.05, 0) is 35.1 Å². The van der Waals surface area contributed by atoms with Gasteiger partial charge < -0.3 is 10.6 Å². The molecule has 2 atom stereocenters. The molecule has 4 aromatic carbocycles. The van der Waals surface area contributed by atoms with Crippen molar-refractivity contribution in [3.8, 4) is 0 Å². The third-order valence-electron chi connectivity index (χ3n) is 8.05. The van der Waals surface area contributed by atoms with Crippen LogP contribution in [0, 0.1) is 0 Å². The van der Waals surface area contributed by atoms with Crippen LogP contribution in [0.15, 0.2) is 121 Å². The summed E-state index contributed by atoms with van der Waals surface area (Å²) in [5, 5.41) is 6.61. The van der Waals surface area contributed by atoms with E-state index >= 15 is 0 Å². The lowest BCUT2D eigenvalue weighted by molar-refractivity contribution is -0.125. The standard InChI is InChI=1S/C36H38N2O2/c39-35(25-31(27-15-5-1-6-16-27)28-17-7-2-8-18-28)37-33-23-13-14-24-34(33)38-36(40)26-32(29-19-9-3-10-20-29)30-21-11-4-12-22-30/h1-12,15-22,31-34H,13-14,23-26H2,(H,37,39)(H,38,40). The first kappa shape index (κ1) is 27.4. The minimum Gasteiger partial charge on any atom is -0.351 e. The molecule has 2 amide bonds. The first-order valence-corrected chi connectivity index (χ1v) is 14.5. The average molecular weight is 531 g/mol. The minimum absolute atomic E-state index is 0.0171. The Morgan fingerprint density at radius 2 is 0.775 bits per heavy atom. The molecule has 4 heteroatoms. The van der Waals surface area contributed by atoms with E-state index in [4.69, 9.17) is 0 Å². The molecule has 204 valence electrons. The highest BCUT2D eigenvalue weighted by Gasteiger charge is 2.30. The summed E-state index contributed by atoms with van der Waals surface area (Å²) in [5.41, 5.74) is 4.52. The van der Waals surface area contributed by atoms with Crippen molar-refractivity contribution < 1.29 is 9.59 Å². The molecular formula is C36H38N2O2. The van der Waals surface area contributed by atoms with Gasteiger partial charge in [-0.15, -0.1) is 0 Å². The lowest BCUT2D eigenvalue weighted by Gasteiger charge is -2.33. The van der Waals surface area contributed by atoms with Crippen LogP contribution in [0.1, 0.15) is 72.6 Å². The monoisotopic (exact) mass is 530 g/mol. The highest BCUT2D eigenvalue weighted by atomic mass is 16.2. The van der Waals surface area contributed by atoms with Crippen molar-refractivity contribution in [1.82, 2.24) is 10.6 Å². The third kappa shape index (κ3) is 7.26. The number of amides is 2. The van der Waals surface area contributed by atoms with E-state index in [1.165, 1.54) is 0 Å². The van der Waals surface area contributed by atoms with Crippen molar-refractivity contribution in [3.05, 3.63) is 144 Å². The molecule has 40 heavy (non-hydrogen) atoms. The Morgan fingerprint density at radius 1 is 0.500 bits per heavy atom. The van der Waals surface area contributed by atoms with Gasteiger partial charge in [0.25, 0.3) is 0 Å². The van der Waals surface area contributed by atoms with Crippen LogP contribution in [0.4, 0.5) is 0 Å². The number of hydrogen-bond donors (Lipinski definition) is 2. The maximum Gasteiger partial charge on any atom is 0.221 e. The fourth-order valence-corrected chi connectivity index (χ4v) is 5.98. The number of nitrogens with one attached hydrogen (secondary N) is 2. The minimum atomic E-state index is -0.0655. The average Bonchev–Trinajstić information content (AvgIpc) is 3.01. The van der Waals surface area contributed by atoms with Crippen molar-refractivity contribution in [3.63, 3.8) is 0 Å².